The zero-order valence-corrected chi connectivity index (χ0v) is 15.0. The van der Waals surface area contributed by atoms with Crippen LogP contribution in [0.2, 0.25) is 0 Å². The molecule has 136 valence electrons. The molecule has 0 radical (unpaired) electrons. The summed E-state index contributed by atoms with van der Waals surface area (Å²) in [6, 6.07) is 1.88. The van der Waals surface area contributed by atoms with E-state index in [1.54, 1.807) is 6.26 Å². The van der Waals surface area contributed by atoms with Gasteiger partial charge in [-0.15, -0.1) is 0 Å². The summed E-state index contributed by atoms with van der Waals surface area (Å²) in [5.41, 5.74) is -1.18. The molecule has 7 atom stereocenters. The molecule has 5 rings (SSSR count). The smallest absolute Gasteiger partial charge is 0.314 e. The molecule has 5 heteroatoms. The monoisotopic (exact) mass is 346 g/mol. The summed E-state index contributed by atoms with van der Waals surface area (Å²) in [5, 5.41) is 23.0. The minimum atomic E-state index is -1.08. The fourth-order valence-electron chi connectivity index (χ4n) is 6.77. The first-order valence-corrected chi connectivity index (χ1v) is 9.38. The third kappa shape index (κ3) is 1.61. The van der Waals surface area contributed by atoms with E-state index in [1.807, 2.05) is 13.0 Å². The first-order chi connectivity index (χ1) is 11.7. The van der Waals surface area contributed by atoms with E-state index >= 15 is 0 Å². The van der Waals surface area contributed by atoms with Gasteiger partial charge in [0.2, 0.25) is 0 Å². The molecule has 25 heavy (non-hydrogen) atoms. The quantitative estimate of drug-likeness (QED) is 0.705. The van der Waals surface area contributed by atoms with Gasteiger partial charge in [0.05, 0.1) is 23.9 Å². The summed E-state index contributed by atoms with van der Waals surface area (Å²) < 4.78 is 11.4. The summed E-state index contributed by atoms with van der Waals surface area (Å²) in [5.74, 6) is 0.244. The highest BCUT2D eigenvalue weighted by molar-refractivity contribution is 5.82. The number of furan rings is 1. The molecule has 1 aromatic rings. The van der Waals surface area contributed by atoms with E-state index in [4.69, 9.17) is 9.15 Å². The van der Waals surface area contributed by atoms with Gasteiger partial charge in [0, 0.05) is 29.7 Å². The van der Waals surface area contributed by atoms with Gasteiger partial charge in [-0.05, 0) is 30.2 Å². The van der Waals surface area contributed by atoms with Crippen molar-refractivity contribution in [1.82, 2.24) is 0 Å². The first kappa shape index (κ1) is 15.9. The van der Waals surface area contributed by atoms with Gasteiger partial charge in [0.25, 0.3) is 0 Å². The third-order valence-corrected chi connectivity index (χ3v) is 8.33. The number of carbonyl (C=O) groups is 1. The van der Waals surface area contributed by atoms with Crippen LogP contribution in [0.15, 0.2) is 16.7 Å². The molecule has 1 aromatic heterocycles. The normalized spacial score (nSPS) is 49.8. The number of esters is 1. The topological polar surface area (TPSA) is 79.9 Å². The number of aliphatic hydroxyl groups is 2. The van der Waals surface area contributed by atoms with E-state index in [-0.39, 0.29) is 35.2 Å². The number of hydrogen-bond donors (Lipinski definition) is 2. The molecule has 0 amide bonds. The van der Waals surface area contributed by atoms with Crippen LogP contribution in [0.5, 0.6) is 0 Å². The minimum Gasteiger partial charge on any atom is -0.469 e. The Hall–Kier alpha value is -1.33. The summed E-state index contributed by atoms with van der Waals surface area (Å²) >= 11 is 0. The lowest BCUT2D eigenvalue weighted by Gasteiger charge is -2.67. The second-order valence-electron chi connectivity index (χ2n) is 9.43. The van der Waals surface area contributed by atoms with E-state index in [0.717, 1.165) is 17.7 Å². The van der Waals surface area contributed by atoms with Crippen molar-refractivity contribution in [3.63, 3.8) is 0 Å². The maximum absolute atomic E-state index is 12.7. The number of rotatable bonds is 0. The van der Waals surface area contributed by atoms with Crippen molar-refractivity contribution >= 4 is 5.97 Å². The molecular weight excluding hydrogens is 320 g/mol. The highest BCUT2D eigenvalue weighted by atomic mass is 16.6. The van der Waals surface area contributed by atoms with Crippen LogP contribution in [0.3, 0.4) is 0 Å². The lowest BCUT2D eigenvalue weighted by molar-refractivity contribution is -0.287. The van der Waals surface area contributed by atoms with Gasteiger partial charge in [0.1, 0.15) is 11.9 Å². The zero-order valence-electron chi connectivity index (χ0n) is 15.0. The molecule has 0 aromatic carbocycles. The molecule has 1 aliphatic heterocycles. The Morgan fingerprint density at radius 1 is 1.28 bits per heavy atom. The highest BCUT2D eigenvalue weighted by Crippen LogP contribution is 2.68. The van der Waals surface area contributed by atoms with Crippen LogP contribution in [0, 0.1) is 22.7 Å². The molecule has 3 fully saturated rings. The van der Waals surface area contributed by atoms with Gasteiger partial charge in [-0.3, -0.25) is 4.79 Å². The summed E-state index contributed by atoms with van der Waals surface area (Å²) in [7, 11) is 0. The fraction of sp³-hybridized carbons (Fsp3) is 0.750. The van der Waals surface area contributed by atoms with Crippen LogP contribution in [-0.2, 0) is 16.0 Å². The van der Waals surface area contributed by atoms with Crippen LogP contribution in [0.25, 0.3) is 0 Å². The van der Waals surface area contributed by atoms with Gasteiger partial charge >= 0.3 is 5.97 Å². The van der Waals surface area contributed by atoms with Gasteiger partial charge in [0.15, 0.2) is 0 Å². The average molecular weight is 346 g/mol. The third-order valence-electron chi connectivity index (χ3n) is 8.33. The van der Waals surface area contributed by atoms with Gasteiger partial charge in [-0.25, -0.2) is 0 Å². The molecule has 1 saturated heterocycles. The van der Waals surface area contributed by atoms with Crippen LogP contribution in [-0.4, -0.2) is 34.0 Å². The Balaban J connectivity index is 1.72. The van der Waals surface area contributed by atoms with E-state index in [9.17, 15) is 15.0 Å². The van der Waals surface area contributed by atoms with Crippen molar-refractivity contribution in [1.29, 1.82) is 0 Å². The summed E-state index contributed by atoms with van der Waals surface area (Å²) in [4.78, 5) is 12.7. The Labute approximate surface area is 147 Å². The number of aliphatic hydroxyl groups excluding tert-OH is 1. The molecule has 2 N–H and O–H groups in total. The molecular formula is C20H26O5. The van der Waals surface area contributed by atoms with E-state index < -0.39 is 17.1 Å². The number of hydrogen-bond acceptors (Lipinski definition) is 5. The number of fused-ring (bicyclic) bond motifs is 4. The number of carbonyl (C=O) groups excluding carboxylic acids is 1. The molecule has 2 saturated carbocycles. The van der Waals surface area contributed by atoms with Crippen LogP contribution >= 0.6 is 0 Å². The molecule has 4 aliphatic rings. The fourth-order valence-corrected chi connectivity index (χ4v) is 6.77. The second-order valence-corrected chi connectivity index (χ2v) is 9.43. The molecule has 5 nitrogen and oxygen atoms in total. The standard InChI is InChI=1S/C20H26O5/c1-18(2)6-4-14(21)19(3)11-8-12-10(5-7-24-12)15-16(11)13(25-17(15)22)9-20(18,19)23/h5,7,11,13-16,21,23H,4,6,8-9H2,1-3H3/t11-,13-,14-,15+,16+,19-,20+/m0/s1. The van der Waals surface area contributed by atoms with Gasteiger partial charge < -0.3 is 19.4 Å². The maximum atomic E-state index is 12.7. The van der Waals surface area contributed by atoms with Crippen molar-refractivity contribution < 1.29 is 24.2 Å². The Bertz CT molecular complexity index is 751. The van der Waals surface area contributed by atoms with Crippen molar-refractivity contribution in [2.45, 2.75) is 70.2 Å². The maximum Gasteiger partial charge on any atom is 0.314 e. The van der Waals surface area contributed by atoms with Crippen molar-refractivity contribution in [3.05, 3.63) is 23.7 Å². The summed E-state index contributed by atoms with van der Waals surface area (Å²) in [6.07, 6.45) is 3.24. The lowest BCUT2D eigenvalue weighted by Crippen LogP contribution is -2.72. The van der Waals surface area contributed by atoms with E-state index in [2.05, 4.69) is 13.8 Å². The lowest BCUT2D eigenvalue weighted by atomic mass is 9.40. The van der Waals surface area contributed by atoms with Crippen molar-refractivity contribution in [2.75, 3.05) is 0 Å². The Morgan fingerprint density at radius 2 is 2.04 bits per heavy atom. The second kappa shape index (κ2) is 4.49. The van der Waals surface area contributed by atoms with Crippen LogP contribution in [0.4, 0.5) is 0 Å². The molecule has 0 bridgehead atoms. The van der Waals surface area contributed by atoms with Gasteiger partial charge in [-0.1, -0.05) is 20.8 Å². The highest BCUT2D eigenvalue weighted by Gasteiger charge is 2.73. The largest absolute Gasteiger partial charge is 0.469 e. The predicted molar refractivity (Wildman–Crippen MR) is 88.7 cm³/mol. The molecule has 3 aliphatic carbocycles. The Morgan fingerprint density at radius 3 is 2.80 bits per heavy atom. The van der Waals surface area contributed by atoms with E-state index in [1.165, 1.54) is 0 Å². The first-order valence-electron chi connectivity index (χ1n) is 9.38. The SMILES string of the molecule is CC1(C)CC[C@H](O)[C@]2(C)[C@H]3Cc4occc4[C@H]4C(=O)O[C@@H](C[C@@]12O)[C@H]43. The van der Waals surface area contributed by atoms with Gasteiger partial charge in [-0.2, -0.15) is 0 Å². The molecule has 0 unspecified atom stereocenters. The van der Waals surface area contributed by atoms with Crippen LogP contribution in [0.1, 0.15) is 57.3 Å². The zero-order chi connectivity index (χ0) is 17.8. The van der Waals surface area contributed by atoms with E-state index in [0.29, 0.717) is 19.3 Å². The van der Waals surface area contributed by atoms with Crippen molar-refractivity contribution in [3.8, 4) is 0 Å². The average Bonchev–Trinajstić information content (AvgIpc) is 3.13. The molecule has 0 spiro atoms. The summed E-state index contributed by atoms with van der Waals surface area (Å²) in [6.45, 7) is 6.17. The molecule has 2 heterocycles. The predicted octanol–water partition coefficient (Wildman–Crippen LogP) is 2.40. The van der Waals surface area contributed by atoms with Crippen LogP contribution < -0.4 is 0 Å². The number of ether oxygens (including phenoxy) is 1. The van der Waals surface area contributed by atoms with Crippen molar-refractivity contribution in [2.24, 2.45) is 22.7 Å². The Kier molecular flexibility index (Phi) is 2.86. The minimum absolute atomic E-state index is 0.00595.